The van der Waals surface area contributed by atoms with Crippen molar-refractivity contribution in [2.45, 2.75) is 50.1 Å². The van der Waals surface area contributed by atoms with Gasteiger partial charge in [0.2, 0.25) is 10.0 Å². The summed E-state index contributed by atoms with van der Waals surface area (Å²) in [6.07, 6.45) is 5.53. The van der Waals surface area contributed by atoms with Gasteiger partial charge < -0.3 is 5.32 Å². The van der Waals surface area contributed by atoms with Crippen molar-refractivity contribution in [2.24, 2.45) is 0 Å². The minimum Gasteiger partial charge on any atom is -0.347 e. The topological polar surface area (TPSA) is 69.7 Å². The molecule has 162 valence electrons. The van der Waals surface area contributed by atoms with Crippen molar-refractivity contribution < 1.29 is 13.2 Å². The molecule has 4 rings (SSSR count). The van der Waals surface area contributed by atoms with E-state index in [4.69, 9.17) is 0 Å². The summed E-state index contributed by atoms with van der Waals surface area (Å²) in [5.41, 5.74) is 2.30. The van der Waals surface area contributed by atoms with Crippen LogP contribution in [0.2, 0.25) is 0 Å². The molecule has 0 unspecified atom stereocenters. The zero-order valence-corrected chi connectivity index (χ0v) is 18.8. The summed E-state index contributed by atoms with van der Waals surface area (Å²) in [4.78, 5) is 15.7. The van der Waals surface area contributed by atoms with E-state index in [9.17, 15) is 13.2 Å². The summed E-state index contributed by atoms with van der Waals surface area (Å²) in [5.74, 6) is -0.324. The minimum absolute atomic E-state index is 0.133. The third-order valence-corrected chi connectivity index (χ3v) is 8.90. The van der Waals surface area contributed by atoms with Gasteiger partial charge in [-0.15, -0.1) is 11.3 Å². The van der Waals surface area contributed by atoms with Crippen LogP contribution >= 0.6 is 11.3 Å². The highest BCUT2D eigenvalue weighted by Gasteiger charge is 2.31. The van der Waals surface area contributed by atoms with Crippen LogP contribution in [0.15, 0.2) is 40.6 Å². The van der Waals surface area contributed by atoms with Gasteiger partial charge in [-0.3, -0.25) is 9.69 Å². The smallest absolute Gasteiger partial charge is 0.263 e. The van der Waals surface area contributed by atoms with Gasteiger partial charge in [0.25, 0.3) is 5.91 Å². The Bertz CT molecular complexity index is 975. The van der Waals surface area contributed by atoms with E-state index in [2.05, 4.69) is 16.3 Å². The predicted molar refractivity (Wildman–Crippen MR) is 119 cm³/mol. The minimum atomic E-state index is -3.61. The monoisotopic (exact) mass is 447 g/mol. The lowest BCUT2D eigenvalue weighted by Gasteiger charge is -2.27. The number of amides is 1. The molecule has 1 amide bonds. The second-order valence-electron chi connectivity index (χ2n) is 8.01. The molecule has 8 heteroatoms. The zero-order valence-electron chi connectivity index (χ0n) is 17.2. The molecule has 6 nitrogen and oxygen atoms in total. The van der Waals surface area contributed by atoms with Crippen LogP contribution in [0.5, 0.6) is 0 Å². The maximum atomic E-state index is 12.9. The molecular weight excluding hydrogens is 418 g/mol. The first-order valence-electron chi connectivity index (χ1n) is 10.7. The number of benzene rings is 1. The van der Waals surface area contributed by atoms with Crippen LogP contribution < -0.4 is 5.32 Å². The molecule has 0 atom stereocenters. The zero-order chi connectivity index (χ0) is 21.0. The highest BCUT2D eigenvalue weighted by atomic mass is 32.2. The Balaban J connectivity index is 1.44. The van der Waals surface area contributed by atoms with Gasteiger partial charge in [-0.05, 0) is 61.3 Å². The molecule has 2 aromatic rings. The third-order valence-electron chi connectivity index (χ3n) is 5.92. The normalized spacial score (nSPS) is 18.5. The molecule has 2 aliphatic rings. The number of hydrogen-bond donors (Lipinski definition) is 1. The number of nitrogens with zero attached hydrogens (tertiary/aromatic N) is 2. The molecule has 1 N–H and O–H groups in total. The number of carbonyl (C=O) groups excluding carboxylic acids is 1. The first-order valence-corrected chi connectivity index (χ1v) is 13.0. The Labute approximate surface area is 182 Å². The Morgan fingerprint density at radius 3 is 2.33 bits per heavy atom. The second kappa shape index (κ2) is 9.60. The van der Waals surface area contributed by atoms with E-state index in [1.807, 2.05) is 18.2 Å². The molecular formula is C22H29N3O3S2. The van der Waals surface area contributed by atoms with Crippen molar-refractivity contribution in [3.05, 3.63) is 51.7 Å². The predicted octanol–water partition coefficient (Wildman–Crippen LogP) is 3.45. The number of piperidine rings is 1. The van der Waals surface area contributed by atoms with Crippen molar-refractivity contribution in [3.63, 3.8) is 0 Å². The van der Waals surface area contributed by atoms with Crippen LogP contribution in [0.4, 0.5) is 0 Å². The van der Waals surface area contributed by atoms with Crippen molar-refractivity contribution in [1.29, 1.82) is 0 Å². The number of sulfonamides is 1. The van der Waals surface area contributed by atoms with Crippen molar-refractivity contribution >= 4 is 27.3 Å². The van der Waals surface area contributed by atoms with Crippen LogP contribution in [0.1, 0.15) is 52.9 Å². The maximum absolute atomic E-state index is 12.9. The van der Waals surface area contributed by atoms with E-state index in [1.165, 1.54) is 40.5 Å². The molecule has 2 fully saturated rings. The summed E-state index contributed by atoms with van der Waals surface area (Å²) in [5, 5.41) is 4.63. The van der Waals surface area contributed by atoms with Crippen LogP contribution in [0, 0.1) is 0 Å². The number of hydrogen-bond acceptors (Lipinski definition) is 5. The number of nitrogens with one attached hydrogen (secondary N) is 1. The van der Waals surface area contributed by atoms with Gasteiger partial charge in [-0.1, -0.05) is 30.7 Å². The molecule has 2 saturated heterocycles. The molecule has 1 aromatic carbocycles. The third kappa shape index (κ3) is 4.77. The van der Waals surface area contributed by atoms with Gasteiger partial charge >= 0.3 is 0 Å². The first-order chi connectivity index (χ1) is 14.6. The van der Waals surface area contributed by atoms with Crippen LogP contribution in [0.3, 0.4) is 0 Å². The summed E-state index contributed by atoms with van der Waals surface area (Å²) >= 11 is 1.19. The summed E-state index contributed by atoms with van der Waals surface area (Å²) < 4.78 is 27.3. The molecule has 0 aliphatic carbocycles. The van der Waals surface area contributed by atoms with Gasteiger partial charge in [0.15, 0.2) is 0 Å². The average molecular weight is 448 g/mol. The number of rotatable bonds is 7. The lowest BCUT2D eigenvalue weighted by atomic mass is 10.0. The molecule has 0 bridgehead atoms. The Kier molecular flexibility index (Phi) is 6.87. The fourth-order valence-corrected chi connectivity index (χ4v) is 7.07. The average Bonchev–Trinajstić information content (AvgIpc) is 3.46. The van der Waals surface area contributed by atoms with Gasteiger partial charge in [0, 0.05) is 26.2 Å². The van der Waals surface area contributed by atoms with Gasteiger partial charge in [-0.25, -0.2) is 8.42 Å². The van der Waals surface area contributed by atoms with E-state index in [-0.39, 0.29) is 15.7 Å². The number of carbonyl (C=O) groups is 1. The van der Waals surface area contributed by atoms with Gasteiger partial charge in [-0.2, -0.15) is 4.31 Å². The molecule has 0 saturated carbocycles. The second-order valence-corrected chi connectivity index (χ2v) is 10.8. The molecule has 3 heterocycles. The van der Waals surface area contributed by atoms with E-state index in [0.717, 1.165) is 38.0 Å². The van der Waals surface area contributed by atoms with Crippen LogP contribution in [-0.2, 0) is 23.1 Å². The Morgan fingerprint density at radius 1 is 0.933 bits per heavy atom. The molecule has 0 spiro atoms. The van der Waals surface area contributed by atoms with Crippen LogP contribution in [0.25, 0.3) is 0 Å². The molecule has 1 aromatic heterocycles. The number of likely N-dealkylation sites (tertiary alicyclic amines) is 1. The standard InChI is InChI=1S/C22H29N3O3S2/c26-22(21-20(10-15-29-21)30(27,28)25-13-6-7-14-25)23-16-18-8-2-3-9-19(18)17-24-11-4-1-5-12-24/h2-3,8-10,15H,1,4-7,11-14,16-17H2,(H,23,26). The summed E-state index contributed by atoms with van der Waals surface area (Å²) in [6.45, 7) is 4.58. The van der Waals surface area contributed by atoms with Crippen molar-refractivity contribution in [2.75, 3.05) is 26.2 Å². The highest BCUT2D eigenvalue weighted by Crippen LogP contribution is 2.27. The number of thiophene rings is 1. The van der Waals surface area contributed by atoms with E-state index >= 15 is 0 Å². The van der Waals surface area contributed by atoms with Crippen molar-refractivity contribution in [3.8, 4) is 0 Å². The largest absolute Gasteiger partial charge is 0.347 e. The highest BCUT2D eigenvalue weighted by molar-refractivity contribution is 7.89. The summed E-state index contributed by atoms with van der Waals surface area (Å²) in [6, 6.07) is 9.72. The van der Waals surface area contributed by atoms with Gasteiger partial charge in [0.1, 0.15) is 9.77 Å². The lowest BCUT2D eigenvalue weighted by molar-refractivity contribution is 0.0951. The Hall–Kier alpha value is -1.74. The summed E-state index contributed by atoms with van der Waals surface area (Å²) in [7, 11) is -3.61. The van der Waals surface area contributed by atoms with E-state index < -0.39 is 10.0 Å². The van der Waals surface area contributed by atoms with Crippen molar-refractivity contribution in [1.82, 2.24) is 14.5 Å². The fraction of sp³-hybridized carbons (Fsp3) is 0.500. The SMILES string of the molecule is O=C(NCc1ccccc1CN1CCCCC1)c1sccc1S(=O)(=O)N1CCCC1. The molecule has 30 heavy (non-hydrogen) atoms. The van der Waals surface area contributed by atoms with E-state index in [0.29, 0.717) is 19.6 Å². The van der Waals surface area contributed by atoms with Gasteiger partial charge in [0.05, 0.1) is 0 Å². The maximum Gasteiger partial charge on any atom is 0.263 e. The van der Waals surface area contributed by atoms with Crippen LogP contribution in [-0.4, -0.2) is 49.7 Å². The van der Waals surface area contributed by atoms with E-state index in [1.54, 1.807) is 11.4 Å². The first kappa shape index (κ1) is 21.5. The fourth-order valence-electron chi connectivity index (χ4n) is 4.23. The molecule has 0 radical (unpaired) electrons. The lowest BCUT2D eigenvalue weighted by Crippen LogP contribution is -2.31. The molecule has 2 aliphatic heterocycles. The quantitative estimate of drug-likeness (QED) is 0.706. The Morgan fingerprint density at radius 2 is 1.60 bits per heavy atom.